The van der Waals surface area contributed by atoms with Crippen molar-refractivity contribution in [2.45, 2.75) is 45.7 Å². The van der Waals surface area contributed by atoms with E-state index in [9.17, 15) is 0 Å². The lowest BCUT2D eigenvalue weighted by Gasteiger charge is -2.17. The van der Waals surface area contributed by atoms with Gasteiger partial charge in [0.05, 0.1) is 11.7 Å². The average molecular weight is 307 g/mol. The Morgan fingerprint density at radius 3 is 2.76 bits per heavy atom. The molecule has 1 heterocycles. The maximum absolute atomic E-state index is 6.33. The quantitative estimate of drug-likeness (QED) is 0.634. The second-order valence-corrected chi connectivity index (χ2v) is 5.90. The number of nitrogens with two attached hydrogens (primary N) is 1. The molecule has 0 radical (unpaired) electrons. The van der Waals surface area contributed by atoms with Crippen molar-refractivity contribution in [3.05, 3.63) is 52.3 Å². The van der Waals surface area contributed by atoms with Gasteiger partial charge in [0.15, 0.2) is 0 Å². The molecule has 1 aromatic heterocycles. The molecule has 4 nitrogen and oxygen atoms in total. The van der Waals surface area contributed by atoms with Crippen LogP contribution in [-0.4, -0.2) is 9.78 Å². The molecule has 0 saturated carbocycles. The third kappa shape index (κ3) is 3.84. The first-order valence-corrected chi connectivity index (χ1v) is 7.69. The fourth-order valence-electron chi connectivity index (χ4n) is 2.30. The first-order valence-electron chi connectivity index (χ1n) is 7.31. The molecule has 2 aromatic rings. The minimum atomic E-state index is -0.0432. The molecule has 0 saturated heterocycles. The van der Waals surface area contributed by atoms with Gasteiger partial charge in [-0.25, -0.2) is 0 Å². The topological polar surface area (TPSA) is 55.9 Å². The van der Waals surface area contributed by atoms with Gasteiger partial charge in [-0.05, 0) is 43.5 Å². The Morgan fingerprint density at radius 1 is 1.38 bits per heavy atom. The van der Waals surface area contributed by atoms with Gasteiger partial charge in [-0.3, -0.25) is 16.0 Å². The summed E-state index contributed by atoms with van der Waals surface area (Å²) >= 11 is 6.33. The zero-order valence-corrected chi connectivity index (χ0v) is 13.6. The summed E-state index contributed by atoms with van der Waals surface area (Å²) in [5.74, 6) is 5.71. The fourth-order valence-corrected chi connectivity index (χ4v) is 2.67. The van der Waals surface area contributed by atoms with Gasteiger partial charge in [0.25, 0.3) is 0 Å². The summed E-state index contributed by atoms with van der Waals surface area (Å²) in [6.45, 7) is 6.34. The van der Waals surface area contributed by atoms with Crippen molar-refractivity contribution in [1.29, 1.82) is 0 Å². The first-order chi connectivity index (χ1) is 10.0. The minimum Gasteiger partial charge on any atom is -0.271 e. The van der Waals surface area contributed by atoms with E-state index in [1.807, 2.05) is 42.1 Å². The lowest BCUT2D eigenvalue weighted by molar-refractivity contribution is 0.467. The van der Waals surface area contributed by atoms with Crippen LogP contribution in [0.5, 0.6) is 0 Å². The van der Waals surface area contributed by atoms with Crippen molar-refractivity contribution in [2.24, 2.45) is 5.84 Å². The van der Waals surface area contributed by atoms with Crippen LogP contribution in [-0.2, 0) is 6.42 Å². The molecule has 1 aromatic carbocycles. The predicted octanol–water partition coefficient (Wildman–Crippen LogP) is 3.56. The highest BCUT2D eigenvalue weighted by Gasteiger charge is 2.16. The van der Waals surface area contributed by atoms with Gasteiger partial charge in [0, 0.05) is 23.7 Å². The highest BCUT2D eigenvalue weighted by atomic mass is 35.5. The second-order valence-electron chi connectivity index (χ2n) is 5.49. The molecule has 5 heteroatoms. The standard InChI is InChI=1S/C16H23ClN4/c1-4-12(3)21-8-7-13(20-21)10-16(19-18)14-6-5-11(2)9-15(14)17/h5-9,12,16,19H,4,10,18H2,1-3H3. The van der Waals surface area contributed by atoms with Gasteiger partial charge >= 0.3 is 0 Å². The molecule has 2 rings (SSSR count). The summed E-state index contributed by atoms with van der Waals surface area (Å²) in [5.41, 5.74) is 6.00. The third-order valence-corrected chi connectivity index (χ3v) is 4.18. The van der Waals surface area contributed by atoms with E-state index < -0.39 is 0 Å². The molecule has 3 N–H and O–H groups in total. The summed E-state index contributed by atoms with van der Waals surface area (Å²) in [7, 11) is 0. The Hall–Kier alpha value is -1.36. The molecule has 0 spiro atoms. The number of nitrogens with zero attached hydrogens (tertiary/aromatic N) is 2. The van der Waals surface area contributed by atoms with E-state index in [4.69, 9.17) is 17.4 Å². The number of rotatable bonds is 6. The van der Waals surface area contributed by atoms with Crippen LogP contribution >= 0.6 is 11.6 Å². The van der Waals surface area contributed by atoms with Crippen molar-refractivity contribution in [3.63, 3.8) is 0 Å². The molecule has 114 valence electrons. The molecule has 2 unspecified atom stereocenters. The largest absolute Gasteiger partial charge is 0.271 e. The zero-order chi connectivity index (χ0) is 15.4. The summed E-state index contributed by atoms with van der Waals surface area (Å²) in [4.78, 5) is 0. The SMILES string of the molecule is CCC(C)n1ccc(CC(NN)c2ccc(C)cc2Cl)n1. The predicted molar refractivity (Wildman–Crippen MR) is 87.2 cm³/mol. The first kappa shape index (κ1) is 16.0. The molecule has 0 bridgehead atoms. The molecule has 0 amide bonds. The molecule has 0 aliphatic carbocycles. The number of aromatic nitrogens is 2. The van der Waals surface area contributed by atoms with Crippen LogP contribution in [0.1, 0.15) is 49.2 Å². The summed E-state index contributed by atoms with van der Waals surface area (Å²) < 4.78 is 2.00. The average Bonchev–Trinajstić information content (AvgIpc) is 2.93. The van der Waals surface area contributed by atoms with E-state index in [1.54, 1.807) is 0 Å². The van der Waals surface area contributed by atoms with Crippen LogP contribution in [0.4, 0.5) is 0 Å². The Balaban J connectivity index is 2.17. The van der Waals surface area contributed by atoms with Crippen molar-refractivity contribution in [1.82, 2.24) is 15.2 Å². The van der Waals surface area contributed by atoms with E-state index in [2.05, 4.69) is 24.4 Å². The molecular formula is C16H23ClN4. The van der Waals surface area contributed by atoms with Crippen LogP contribution in [0.2, 0.25) is 5.02 Å². The minimum absolute atomic E-state index is 0.0432. The molecule has 2 atom stereocenters. The smallest absolute Gasteiger partial charge is 0.0644 e. The lowest BCUT2D eigenvalue weighted by Crippen LogP contribution is -2.30. The van der Waals surface area contributed by atoms with Gasteiger partial charge in [0.2, 0.25) is 0 Å². The number of aryl methyl sites for hydroxylation is 1. The fraction of sp³-hybridized carbons (Fsp3) is 0.438. The van der Waals surface area contributed by atoms with Crippen LogP contribution in [0, 0.1) is 6.92 Å². The van der Waals surface area contributed by atoms with Gasteiger partial charge in [0.1, 0.15) is 0 Å². The number of hydrazine groups is 1. The van der Waals surface area contributed by atoms with E-state index >= 15 is 0 Å². The number of hydrogen-bond donors (Lipinski definition) is 2. The van der Waals surface area contributed by atoms with Crippen LogP contribution < -0.4 is 11.3 Å². The van der Waals surface area contributed by atoms with E-state index in [0.717, 1.165) is 28.3 Å². The summed E-state index contributed by atoms with van der Waals surface area (Å²) in [6.07, 6.45) is 3.79. The van der Waals surface area contributed by atoms with E-state index in [1.165, 1.54) is 0 Å². The number of halogens is 1. The molecule has 21 heavy (non-hydrogen) atoms. The highest BCUT2D eigenvalue weighted by Crippen LogP contribution is 2.26. The van der Waals surface area contributed by atoms with Crippen molar-refractivity contribution >= 4 is 11.6 Å². The Labute approximate surface area is 131 Å². The number of nitrogens with one attached hydrogen (secondary N) is 1. The van der Waals surface area contributed by atoms with Crippen molar-refractivity contribution < 1.29 is 0 Å². The van der Waals surface area contributed by atoms with Crippen LogP contribution in [0.25, 0.3) is 0 Å². The molecular weight excluding hydrogens is 284 g/mol. The van der Waals surface area contributed by atoms with Crippen molar-refractivity contribution in [2.75, 3.05) is 0 Å². The Morgan fingerprint density at radius 2 is 2.14 bits per heavy atom. The molecule has 0 aliphatic heterocycles. The maximum atomic E-state index is 6.33. The molecule has 0 fully saturated rings. The van der Waals surface area contributed by atoms with Gasteiger partial charge in [-0.2, -0.15) is 5.10 Å². The highest BCUT2D eigenvalue weighted by molar-refractivity contribution is 6.31. The lowest BCUT2D eigenvalue weighted by atomic mass is 10.0. The van der Waals surface area contributed by atoms with Gasteiger partial charge < -0.3 is 0 Å². The number of hydrogen-bond acceptors (Lipinski definition) is 3. The maximum Gasteiger partial charge on any atom is 0.0644 e. The normalized spacial score (nSPS) is 14.1. The zero-order valence-electron chi connectivity index (χ0n) is 12.8. The van der Waals surface area contributed by atoms with Crippen LogP contribution in [0.3, 0.4) is 0 Å². The Bertz CT molecular complexity index is 594. The Kier molecular flexibility index (Phi) is 5.39. The van der Waals surface area contributed by atoms with Gasteiger partial charge in [-0.15, -0.1) is 0 Å². The van der Waals surface area contributed by atoms with E-state index in [0.29, 0.717) is 12.5 Å². The van der Waals surface area contributed by atoms with E-state index in [-0.39, 0.29) is 6.04 Å². The monoisotopic (exact) mass is 306 g/mol. The van der Waals surface area contributed by atoms with Crippen LogP contribution in [0.15, 0.2) is 30.5 Å². The third-order valence-electron chi connectivity index (χ3n) is 3.85. The van der Waals surface area contributed by atoms with Crippen molar-refractivity contribution in [3.8, 4) is 0 Å². The summed E-state index contributed by atoms with van der Waals surface area (Å²) in [6, 6.07) is 8.43. The molecule has 0 aliphatic rings. The second kappa shape index (κ2) is 7.07. The summed E-state index contributed by atoms with van der Waals surface area (Å²) in [5, 5.41) is 5.35. The number of benzene rings is 1. The van der Waals surface area contributed by atoms with Gasteiger partial charge in [-0.1, -0.05) is 30.7 Å².